The predicted molar refractivity (Wildman–Crippen MR) is 57.0 cm³/mol. The van der Waals surface area contributed by atoms with Crippen LogP contribution in [0.3, 0.4) is 0 Å². The Kier molecular flexibility index (Phi) is 2.37. The van der Waals surface area contributed by atoms with E-state index in [1.165, 1.54) is 7.11 Å². The molecule has 0 N–H and O–H groups in total. The molecule has 4 heteroatoms. The molecule has 0 unspecified atom stereocenters. The molecule has 1 aromatic carbocycles. The maximum Gasteiger partial charge on any atom is 0.342 e. The van der Waals surface area contributed by atoms with Crippen LogP contribution in [0.25, 0.3) is 11.0 Å². The van der Waals surface area contributed by atoms with E-state index >= 15 is 0 Å². The van der Waals surface area contributed by atoms with Gasteiger partial charge < -0.3 is 9.15 Å². The lowest BCUT2D eigenvalue weighted by Gasteiger charge is -1.96. The molecule has 2 rings (SSSR count). The Hall–Kier alpha value is -2.28. The Morgan fingerprint density at radius 1 is 1.50 bits per heavy atom. The Bertz CT molecular complexity index is 604. The summed E-state index contributed by atoms with van der Waals surface area (Å²) in [6.07, 6.45) is 0. The number of ether oxygens (including phenoxy) is 1. The van der Waals surface area contributed by atoms with Gasteiger partial charge in [0.05, 0.1) is 18.7 Å². The van der Waals surface area contributed by atoms with Gasteiger partial charge in [-0.15, -0.1) is 0 Å². The third-order valence-electron chi connectivity index (χ3n) is 2.38. The Morgan fingerprint density at radius 3 is 2.88 bits per heavy atom. The van der Waals surface area contributed by atoms with E-state index in [9.17, 15) is 4.79 Å². The number of hydrogen-bond acceptors (Lipinski definition) is 4. The minimum atomic E-state index is -0.452. The van der Waals surface area contributed by atoms with Crippen LogP contribution in [0, 0.1) is 18.3 Å². The van der Waals surface area contributed by atoms with Crippen LogP contribution in [0.5, 0.6) is 0 Å². The first-order valence-corrected chi connectivity index (χ1v) is 4.69. The van der Waals surface area contributed by atoms with Crippen LogP contribution < -0.4 is 0 Å². The molecule has 4 nitrogen and oxygen atoms in total. The lowest BCUT2D eigenvalue weighted by molar-refractivity contribution is 0.0601. The van der Waals surface area contributed by atoms with Gasteiger partial charge in [0, 0.05) is 5.39 Å². The van der Waals surface area contributed by atoms with Gasteiger partial charge in [0.1, 0.15) is 16.9 Å². The second kappa shape index (κ2) is 3.70. The highest BCUT2D eigenvalue weighted by Gasteiger charge is 2.18. The Labute approximate surface area is 92.0 Å². The van der Waals surface area contributed by atoms with Crippen LogP contribution in [0.1, 0.15) is 21.7 Å². The van der Waals surface area contributed by atoms with Gasteiger partial charge in [-0.1, -0.05) is 0 Å². The smallest absolute Gasteiger partial charge is 0.342 e. The molecule has 16 heavy (non-hydrogen) atoms. The summed E-state index contributed by atoms with van der Waals surface area (Å²) >= 11 is 0. The van der Waals surface area contributed by atoms with Crippen molar-refractivity contribution in [2.45, 2.75) is 6.92 Å². The first-order valence-electron chi connectivity index (χ1n) is 4.69. The van der Waals surface area contributed by atoms with Crippen LogP contribution >= 0.6 is 0 Å². The Morgan fingerprint density at radius 2 is 2.25 bits per heavy atom. The van der Waals surface area contributed by atoms with E-state index in [1.807, 2.05) is 6.07 Å². The third-order valence-corrected chi connectivity index (χ3v) is 2.38. The largest absolute Gasteiger partial charge is 0.465 e. The molecule has 0 bridgehead atoms. The van der Waals surface area contributed by atoms with Gasteiger partial charge in [0.25, 0.3) is 0 Å². The third kappa shape index (κ3) is 1.43. The Balaban J connectivity index is 2.77. The predicted octanol–water partition coefficient (Wildman–Crippen LogP) is 2.40. The number of benzene rings is 1. The van der Waals surface area contributed by atoms with Crippen LogP contribution in [0.4, 0.5) is 0 Å². The first kappa shape index (κ1) is 10.2. The lowest BCUT2D eigenvalue weighted by Crippen LogP contribution is -2.01. The molecule has 0 aliphatic heterocycles. The quantitative estimate of drug-likeness (QED) is 0.685. The number of carbonyl (C=O) groups is 1. The lowest BCUT2D eigenvalue weighted by atomic mass is 10.1. The number of nitriles is 1. The highest BCUT2D eigenvalue weighted by Crippen LogP contribution is 2.26. The van der Waals surface area contributed by atoms with Crippen molar-refractivity contribution >= 4 is 16.9 Å². The van der Waals surface area contributed by atoms with Crippen LogP contribution in [-0.2, 0) is 4.74 Å². The van der Waals surface area contributed by atoms with Crippen molar-refractivity contribution in [3.63, 3.8) is 0 Å². The molecular formula is C12H9NO3. The molecule has 0 aliphatic carbocycles. The fourth-order valence-corrected chi connectivity index (χ4v) is 1.65. The van der Waals surface area contributed by atoms with E-state index in [0.29, 0.717) is 27.9 Å². The van der Waals surface area contributed by atoms with Gasteiger partial charge in [-0.2, -0.15) is 5.26 Å². The summed E-state index contributed by atoms with van der Waals surface area (Å²) in [5.74, 6) is 0.0447. The van der Waals surface area contributed by atoms with E-state index in [-0.39, 0.29) is 0 Å². The molecular weight excluding hydrogens is 206 g/mol. The van der Waals surface area contributed by atoms with Crippen LogP contribution in [0.15, 0.2) is 22.6 Å². The monoisotopic (exact) mass is 215 g/mol. The number of carbonyl (C=O) groups excluding carboxylic acids is 1. The van der Waals surface area contributed by atoms with Gasteiger partial charge in [0.15, 0.2) is 0 Å². The average Bonchev–Trinajstić information content (AvgIpc) is 2.63. The second-order valence-corrected chi connectivity index (χ2v) is 3.35. The van der Waals surface area contributed by atoms with Crippen molar-refractivity contribution in [1.29, 1.82) is 5.26 Å². The molecule has 80 valence electrons. The standard InChI is InChI=1S/C12H9NO3/c1-7-11(12(14)15-2)9-5-8(6-13)3-4-10(9)16-7/h3-5H,1-2H3. The summed E-state index contributed by atoms with van der Waals surface area (Å²) in [6.45, 7) is 1.69. The van der Waals surface area contributed by atoms with Crippen LogP contribution in [-0.4, -0.2) is 13.1 Å². The summed E-state index contributed by atoms with van der Waals surface area (Å²) in [5, 5.41) is 9.41. The van der Waals surface area contributed by atoms with E-state index in [1.54, 1.807) is 25.1 Å². The zero-order valence-corrected chi connectivity index (χ0v) is 8.90. The fraction of sp³-hybridized carbons (Fsp3) is 0.167. The SMILES string of the molecule is COC(=O)c1c(C)oc2ccc(C#N)cc12. The van der Waals surface area contributed by atoms with E-state index in [4.69, 9.17) is 9.68 Å². The topological polar surface area (TPSA) is 63.2 Å². The number of nitrogens with zero attached hydrogens (tertiary/aromatic N) is 1. The molecule has 0 atom stereocenters. The van der Waals surface area contributed by atoms with Gasteiger partial charge in [-0.05, 0) is 25.1 Å². The van der Waals surface area contributed by atoms with Crippen molar-refractivity contribution in [3.05, 3.63) is 35.1 Å². The van der Waals surface area contributed by atoms with Gasteiger partial charge >= 0.3 is 5.97 Å². The van der Waals surface area contributed by atoms with Crippen molar-refractivity contribution in [3.8, 4) is 6.07 Å². The highest BCUT2D eigenvalue weighted by molar-refractivity contribution is 6.04. The number of fused-ring (bicyclic) bond motifs is 1. The van der Waals surface area contributed by atoms with Gasteiger partial charge in [-0.25, -0.2) is 4.79 Å². The number of methoxy groups -OCH3 is 1. The number of furan rings is 1. The first-order chi connectivity index (χ1) is 7.67. The molecule has 0 radical (unpaired) electrons. The van der Waals surface area contributed by atoms with Crippen molar-refractivity contribution in [1.82, 2.24) is 0 Å². The number of aryl methyl sites for hydroxylation is 1. The van der Waals surface area contributed by atoms with Crippen molar-refractivity contribution < 1.29 is 13.9 Å². The molecule has 0 aliphatic rings. The molecule has 0 amide bonds. The fourth-order valence-electron chi connectivity index (χ4n) is 1.65. The van der Waals surface area contributed by atoms with Crippen LogP contribution in [0.2, 0.25) is 0 Å². The zero-order chi connectivity index (χ0) is 11.7. The highest BCUT2D eigenvalue weighted by atomic mass is 16.5. The second-order valence-electron chi connectivity index (χ2n) is 3.35. The number of hydrogen-bond donors (Lipinski definition) is 0. The molecule has 1 heterocycles. The molecule has 1 aromatic heterocycles. The molecule has 0 spiro atoms. The van der Waals surface area contributed by atoms with Crippen molar-refractivity contribution in [2.24, 2.45) is 0 Å². The van der Waals surface area contributed by atoms with E-state index in [2.05, 4.69) is 4.74 Å². The minimum Gasteiger partial charge on any atom is -0.465 e. The molecule has 0 saturated carbocycles. The summed E-state index contributed by atoms with van der Waals surface area (Å²) in [7, 11) is 1.31. The normalized spacial score (nSPS) is 10.1. The molecule has 0 fully saturated rings. The van der Waals surface area contributed by atoms with E-state index in [0.717, 1.165) is 0 Å². The maximum atomic E-state index is 11.5. The van der Waals surface area contributed by atoms with Gasteiger partial charge in [-0.3, -0.25) is 0 Å². The summed E-state index contributed by atoms with van der Waals surface area (Å²) in [4.78, 5) is 11.5. The zero-order valence-electron chi connectivity index (χ0n) is 8.90. The average molecular weight is 215 g/mol. The minimum absolute atomic E-state index is 0.384. The summed E-state index contributed by atoms with van der Waals surface area (Å²) in [6, 6.07) is 6.96. The van der Waals surface area contributed by atoms with Gasteiger partial charge in [0.2, 0.25) is 0 Å². The number of rotatable bonds is 1. The molecule has 2 aromatic rings. The molecule has 0 saturated heterocycles. The summed E-state index contributed by atoms with van der Waals surface area (Å²) in [5.41, 5.74) is 1.45. The number of esters is 1. The summed E-state index contributed by atoms with van der Waals surface area (Å²) < 4.78 is 10.1. The van der Waals surface area contributed by atoms with E-state index < -0.39 is 5.97 Å². The maximum absolute atomic E-state index is 11.5. The van der Waals surface area contributed by atoms with Crippen molar-refractivity contribution in [2.75, 3.05) is 7.11 Å².